The van der Waals surface area contributed by atoms with Crippen LogP contribution in [0.15, 0.2) is 30.7 Å². The van der Waals surface area contributed by atoms with E-state index in [1.165, 1.54) is 31.9 Å². The molecule has 2 aromatic rings. The standard InChI is InChI=1S/C17H20N6/c18-11-15-17(20-8-7-19-15)22-13-14-5-6-16(21-12-14)23-9-3-1-2-4-10-23/h5-8,12H,1-4,9-10,13H2,(H,20,22). The molecule has 118 valence electrons. The highest BCUT2D eigenvalue weighted by Crippen LogP contribution is 2.18. The van der Waals surface area contributed by atoms with Gasteiger partial charge in [-0.1, -0.05) is 18.9 Å². The van der Waals surface area contributed by atoms with Crippen molar-refractivity contribution >= 4 is 11.6 Å². The fraction of sp³-hybridized carbons (Fsp3) is 0.412. The summed E-state index contributed by atoms with van der Waals surface area (Å²) < 4.78 is 0. The highest BCUT2D eigenvalue weighted by molar-refractivity contribution is 5.47. The third-order valence-corrected chi connectivity index (χ3v) is 4.00. The Bertz CT molecular complexity index is 668. The van der Waals surface area contributed by atoms with E-state index in [-0.39, 0.29) is 0 Å². The summed E-state index contributed by atoms with van der Waals surface area (Å²) in [5.41, 5.74) is 1.36. The molecule has 0 unspecified atom stereocenters. The van der Waals surface area contributed by atoms with E-state index in [2.05, 4.69) is 37.3 Å². The lowest BCUT2D eigenvalue weighted by Gasteiger charge is -2.21. The van der Waals surface area contributed by atoms with Gasteiger partial charge in [0.15, 0.2) is 11.5 Å². The minimum absolute atomic E-state index is 0.307. The predicted molar refractivity (Wildman–Crippen MR) is 89.0 cm³/mol. The lowest BCUT2D eigenvalue weighted by molar-refractivity contribution is 0.726. The van der Waals surface area contributed by atoms with Crippen LogP contribution < -0.4 is 10.2 Å². The minimum Gasteiger partial charge on any atom is -0.364 e. The Hall–Kier alpha value is -2.68. The van der Waals surface area contributed by atoms with Gasteiger partial charge in [-0.05, 0) is 24.5 Å². The maximum absolute atomic E-state index is 9.01. The molecule has 3 rings (SSSR count). The summed E-state index contributed by atoms with van der Waals surface area (Å²) in [5, 5.41) is 12.1. The molecule has 1 saturated heterocycles. The van der Waals surface area contributed by atoms with Gasteiger partial charge in [0.25, 0.3) is 0 Å². The van der Waals surface area contributed by atoms with Crippen molar-refractivity contribution in [3.8, 4) is 6.07 Å². The largest absolute Gasteiger partial charge is 0.364 e. The lowest BCUT2D eigenvalue weighted by Crippen LogP contribution is -2.24. The molecule has 6 heteroatoms. The SMILES string of the molecule is N#Cc1nccnc1NCc1ccc(N2CCCCCC2)nc1. The molecule has 1 N–H and O–H groups in total. The van der Waals surface area contributed by atoms with Gasteiger partial charge in [-0.3, -0.25) is 0 Å². The van der Waals surface area contributed by atoms with Gasteiger partial charge in [-0.2, -0.15) is 5.26 Å². The zero-order chi connectivity index (χ0) is 15.9. The Kier molecular flexibility index (Phi) is 4.99. The van der Waals surface area contributed by atoms with E-state index in [4.69, 9.17) is 5.26 Å². The van der Waals surface area contributed by atoms with E-state index < -0.39 is 0 Å². The second-order valence-corrected chi connectivity index (χ2v) is 5.64. The summed E-state index contributed by atoms with van der Waals surface area (Å²) in [4.78, 5) is 15.1. The van der Waals surface area contributed by atoms with Crippen LogP contribution in [0.5, 0.6) is 0 Å². The average Bonchev–Trinajstić information content (AvgIpc) is 2.90. The number of hydrogen-bond donors (Lipinski definition) is 1. The fourth-order valence-corrected chi connectivity index (χ4v) is 2.74. The van der Waals surface area contributed by atoms with Gasteiger partial charge in [-0.25, -0.2) is 15.0 Å². The van der Waals surface area contributed by atoms with E-state index in [0.29, 0.717) is 18.1 Å². The van der Waals surface area contributed by atoms with E-state index in [0.717, 1.165) is 24.5 Å². The van der Waals surface area contributed by atoms with Crippen molar-refractivity contribution < 1.29 is 0 Å². The van der Waals surface area contributed by atoms with Gasteiger partial charge in [0.2, 0.25) is 0 Å². The van der Waals surface area contributed by atoms with Crippen molar-refractivity contribution in [2.75, 3.05) is 23.3 Å². The second-order valence-electron chi connectivity index (χ2n) is 5.64. The number of aromatic nitrogens is 3. The van der Waals surface area contributed by atoms with Gasteiger partial charge in [0, 0.05) is 38.2 Å². The molecule has 1 aliphatic rings. The number of nitriles is 1. The average molecular weight is 308 g/mol. The molecular weight excluding hydrogens is 288 g/mol. The topological polar surface area (TPSA) is 77.7 Å². The van der Waals surface area contributed by atoms with E-state index in [1.807, 2.05) is 12.3 Å². The maximum atomic E-state index is 9.01. The molecule has 6 nitrogen and oxygen atoms in total. The van der Waals surface area contributed by atoms with Gasteiger partial charge in [0.05, 0.1) is 0 Å². The Balaban J connectivity index is 1.62. The number of hydrogen-bond acceptors (Lipinski definition) is 6. The Labute approximate surface area is 136 Å². The Morgan fingerprint density at radius 3 is 2.52 bits per heavy atom. The molecule has 0 bridgehead atoms. The predicted octanol–water partition coefficient (Wildman–Crippen LogP) is 2.74. The van der Waals surface area contributed by atoms with Gasteiger partial charge in [-0.15, -0.1) is 0 Å². The molecule has 3 heterocycles. The quantitative estimate of drug-likeness (QED) is 0.935. The summed E-state index contributed by atoms with van der Waals surface area (Å²) in [5.74, 6) is 1.56. The smallest absolute Gasteiger partial charge is 0.182 e. The van der Waals surface area contributed by atoms with Crippen LogP contribution in [0.2, 0.25) is 0 Å². The van der Waals surface area contributed by atoms with Crippen LogP contribution in [0.4, 0.5) is 11.6 Å². The molecule has 0 aliphatic carbocycles. The van der Waals surface area contributed by atoms with Gasteiger partial charge < -0.3 is 10.2 Å². The van der Waals surface area contributed by atoms with Gasteiger partial charge in [0.1, 0.15) is 11.9 Å². The van der Waals surface area contributed by atoms with Crippen LogP contribution in [0.1, 0.15) is 36.9 Å². The molecule has 0 amide bonds. The third kappa shape index (κ3) is 3.95. The highest BCUT2D eigenvalue weighted by Gasteiger charge is 2.11. The number of pyridine rings is 1. The summed E-state index contributed by atoms with van der Waals surface area (Å²) in [6, 6.07) is 6.18. The van der Waals surface area contributed by atoms with Crippen LogP contribution in [0.25, 0.3) is 0 Å². The molecule has 2 aromatic heterocycles. The number of nitrogens with one attached hydrogen (secondary N) is 1. The van der Waals surface area contributed by atoms with Crippen LogP contribution >= 0.6 is 0 Å². The molecule has 23 heavy (non-hydrogen) atoms. The first kappa shape index (κ1) is 15.2. The maximum Gasteiger partial charge on any atom is 0.182 e. The fourth-order valence-electron chi connectivity index (χ4n) is 2.74. The Morgan fingerprint density at radius 2 is 1.83 bits per heavy atom. The van der Waals surface area contributed by atoms with Crippen molar-refractivity contribution in [3.05, 3.63) is 42.0 Å². The first-order valence-corrected chi connectivity index (χ1v) is 8.01. The molecule has 1 fully saturated rings. The van der Waals surface area contributed by atoms with E-state index in [1.54, 1.807) is 6.20 Å². The van der Waals surface area contributed by atoms with Crippen LogP contribution in [-0.4, -0.2) is 28.0 Å². The molecule has 0 spiro atoms. The molecule has 0 radical (unpaired) electrons. The molecule has 0 aromatic carbocycles. The third-order valence-electron chi connectivity index (χ3n) is 4.00. The van der Waals surface area contributed by atoms with Crippen LogP contribution in [-0.2, 0) is 6.54 Å². The van der Waals surface area contributed by atoms with Crippen LogP contribution in [0, 0.1) is 11.3 Å². The van der Waals surface area contributed by atoms with E-state index in [9.17, 15) is 0 Å². The molecule has 0 saturated carbocycles. The first-order valence-electron chi connectivity index (χ1n) is 8.01. The number of rotatable bonds is 4. The second kappa shape index (κ2) is 7.54. The molecule has 0 atom stereocenters. The van der Waals surface area contributed by atoms with E-state index >= 15 is 0 Å². The summed E-state index contributed by atoms with van der Waals surface area (Å²) in [7, 11) is 0. The zero-order valence-corrected chi connectivity index (χ0v) is 13.1. The first-order chi connectivity index (χ1) is 11.4. The summed E-state index contributed by atoms with van der Waals surface area (Å²) in [6.07, 6.45) is 10.1. The summed E-state index contributed by atoms with van der Waals surface area (Å²) >= 11 is 0. The summed E-state index contributed by atoms with van der Waals surface area (Å²) in [6.45, 7) is 2.76. The van der Waals surface area contributed by atoms with Crippen molar-refractivity contribution in [1.82, 2.24) is 15.0 Å². The normalized spacial score (nSPS) is 14.8. The van der Waals surface area contributed by atoms with Gasteiger partial charge >= 0.3 is 0 Å². The number of anilines is 2. The minimum atomic E-state index is 0.307. The molecule has 1 aliphatic heterocycles. The molecular formula is C17H20N6. The highest BCUT2D eigenvalue weighted by atomic mass is 15.2. The Morgan fingerprint density at radius 1 is 1.04 bits per heavy atom. The number of nitrogens with zero attached hydrogens (tertiary/aromatic N) is 5. The monoisotopic (exact) mass is 308 g/mol. The van der Waals surface area contributed by atoms with Crippen molar-refractivity contribution in [2.24, 2.45) is 0 Å². The van der Waals surface area contributed by atoms with Crippen molar-refractivity contribution in [3.63, 3.8) is 0 Å². The van der Waals surface area contributed by atoms with Crippen molar-refractivity contribution in [1.29, 1.82) is 5.26 Å². The van der Waals surface area contributed by atoms with Crippen molar-refractivity contribution in [2.45, 2.75) is 32.2 Å². The lowest BCUT2D eigenvalue weighted by atomic mass is 10.2. The van der Waals surface area contributed by atoms with Crippen LogP contribution in [0.3, 0.4) is 0 Å². The zero-order valence-electron chi connectivity index (χ0n) is 13.1.